The summed E-state index contributed by atoms with van der Waals surface area (Å²) in [4.78, 5) is 25.0. The number of nitrogens with one attached hydrogen (secondary N) is 2. The van der Waals surface area contributed by atoms with Crippen LogP contribution in [-0.2, 0) is 21.9 Å². The number of anilines is 4. The summed E-state index contributed by atoms with van der Waals surface area (Å²) in [5.74, 6) is -1.86. The molecule has 1 fully saturated rings. The lowest BCUT2D eigenvalue weighted by Crippen LogP contribution is -2.25. The van der Waals surface area contributed by atoms with E-state index in [2.05, 4.69) is 25.6 Å². The van der Waals surface area contributed by atoms with Crippen molar-refractivity contribution in [3.63, 3.8) is 0 Å². The van der Waals surface area contributed by atoms with Gasteiger partial charge in [-0.25, -0.2) is 36.5 Å². The lowest BCUT2D eigenvalue weighted by Gasteiger charge is -2.22. The van der Waals surface area contributed by atoms with Crippen molar-refractivity contribution in [2.45, 2.75) is 19.0 Å². The van der Waals surface area contributed by atoms with Gasteiger partial charge in [-0.15, -0.1) is 0 Å². The largest absolute Gasteiger partial charge is 0.352 e. The van der Waals surface area contributed by atoms with Gasteiger partial charge in [0.1, 0.15) is 17.5 Å². The topological polar surface area (TPSA) is 127 Å². The van der Waals surface area contributed by atoms with E-state index in [0.717, 1.165) is 16.3 Å². The SMILES string of the molecule is CN(c1cc(-c2cncn2C)ccc1Nc1cc(NC(=O)[C@H]2C[C@@H]2F)nc2c1nc(C(F)F)n2PI)S(C)(=O)=O. The Morgan fingerprint density at radius 3 is 2.55 bits per heavy atom. The van der Waals surface area contributed by atoms with Gasteiger partial charge in [-0.05, 0) is 40.6 Å². The number of nitrogens with zero attached hydrogens (tertiary/aromatic N) is 6. The molecule has 3 heterocycles. The van der Waals surface area contributed by atoms with E-state index < -0.39 is 40.3 Å². The van der Waals surface area contributed by atoms with E-state index in [-0.39, 0.29) is 41.2 Å². The Kier molecular flexibility index (Phi) is 7.69. The number of aryl methyl sites for hydroxylation is 1. The molecule has 4 aromatic rings. The molecule has 1 amide bonds. The van der Waals surface area contributed by atoms with Crippen molar-refractivity contribution in [3.8, 4) is 11.3 Å². The summed E-state index contributed by atoms with van der Waals surface area (Å²) in [5.41, 5.74) is 2.38. The highest BCUT2D eigenvalue weighted by Crippen LogP contribution is 2.41. The monoisotopic (exact) mass is 706 g/mol. The second kappa shape index (κ2) is 10.8. The van der Waals surface area contributed by atoms with Gasteiger partial charge < -0.3 is 15.2 Å². The minimum atomic E-state index is -3.71. The third-order valence-electron chi connectivity index (χ3n) is 6.44. The summed E-state index contributed by atoms with van der Waals surface area (Å²) in [5, 5.41) is 5.68. The number of benzene rings is 1. The molecule has 1 aliphatic rings. The Morgan fingerprint density at radius 2 is 1.98 bits per heavy atom. The maximum absolute atomic E-state index is 13.9. The van der Waals surface area contributed by atoms with Crippen LogP contribution < -0.4 is 14.9 Å². The lowest BCUT2D eigenvalue weighted by molar-refractivity contribution is -0.117. The van der Waals surface area contributed by atoms with Crippen molar-refractivity contribution in [2.24, 2.45) is 13.0 Å². The molecule has 0 spiro atoms. The van der Waals surface area contributed by atoms with E-state index in [1.165, 1.54) is 17.5 Å². The Bertz CT molecular complexity index is 1730. The fourth-order valence-corrected chi connectivity index (χ4v) is 6.53. The molecule has 3 aromatic heterocycles. The summed E-state index contributed by atoms with van der Waals surface area (Å²) in [7, 11) is -0.521. The normalized spacial score (nSPS) is 17.2. The molecule has 3 atom stereocenters. The van der Waals surface area contributed by atoms with Crippen molar-refractivity contribution in [3.05, 3.63) is 42.6 Å². The van der Waals surface area contributed by atoms with Crippen LogP contribution in [0.25, 0.3) is 22.4 Å². The van der Waals surface area contributed by atoms with Crippen LogP contribution in [0.4, 0.5) is 36.1 Å². The lowest BCUT2D eigenvalue weighted by atomic mass is 10.1. The van der Waals surface area contributed by atoms with Crippen LogP contribution in [0.1, 0.15) is 18.7 Å². The van der Waals surface area contributed by atoms with Crippen molar-refractivity contribution < 1.29 is 26.4 Å². The number of carbonyl (C=O) groups is 1. The molecule has 1 unspecified atom stereocenters. The number of imidazole rings is 2. The summed E-state index contributed by atoms with van der Waals surface area (Å²) < 4.78 is 70.4. The molecule has 0 saturated heterocycles. The van der Waals surface area contributed by atoms with Gasteiger partial charge in [0.25, 0.3) is 6.43 Å². The van der Waals surface area contributed by atoms with Gasteiger partial charge in [-0.3, -0.25) is 13.4 Å². The number of aromatic nitrogens is 5. The van der Waals surface area contributed by atoms with Crippen molar-refractivity contribution in [2.75, 3.05) is 28.2 Å². The fourth-order valence-electron chi connectivity index (χ4n) is 4.12. The number of halogens is 4. The van der Waals surface area contributed by atoms with E-state index in [0.29, 0.717) is 11.3 Å². The standard InChI is InChI=1S/C23H23F3IN8O3PS/c1-33-10-28-9-17(33)11-4-5-14(16(6-11)34(2)40(3,37)38)29-15-8-18(31-23(36)12-7-13(12)24)30-21-19(15)32-22(20(25)26)35(21)39-27/h4-6,8-10,12-13,20,39H,7H2,1-3H3,(H2,29,30,31,36)/t12-,13-/m0/s1. The number of amides is 1. The zero-order valence-electron chi connectivity index (χ0n) is 21.2. The number of fused-ring (bicyclic) bond motifs is 1. The maximum Gasteiger partial charge on any atom is 0.295 e. The first-order valence-corrected chi connectivity index (χ1v) is 17.6. The van der Waals surface area contributed by atoms with Gasteiger partial charge in [0.05, 0.1) is 53.8 Å². The van der Waals surface area contributed by atoms with E-state index in [4.69, 9.17) is 0 Å². The van der Waals surface area contributed by atoms with E-state index in [1.807, 2.05) is 22.0 Å². The molecule has 1 aliphatic carbocycles. The van der Waals surface area contributed by atoms with Crippen LogP contribution in [0.2, 0.25) is 0 Å². The molecule has 5 rings (SSSR count). The summed E-state index contributed by atoms with van der Waals surface area (Å²) >= 11 is 1.93. The van der Waals surface area contributed by atoms with Crippen LogP contribution in [0, 0.1) is 5.92 Å². The molecule has 2 N–H and O–H groups in total. The Labute approximate surface area is 241 Å². The molecule has 40 heavy (non-hydrogen) atoms. The summed E-state index contributed by atoms with van der Waals surface area (Å²) in [6.45, 7) is 0. The summed E-state index contributed by atoms with van der Waals surface area (Å²) in [6.07, 6.45) is 0.0926. The molecule has 11 nitrogen and oxygen atoms in total. The fraction of sp³-hybridized carbons (Fsp3) is 0.304. The first-order valence-electron chi connectivity index (χ1n) is 11.7. The predicted octanol–water partition coefficient (Wildman–Crippen LogP) is 5.00. The van der Waals surface area contributed by atoms with Crippen molar-refractivity contribution >= 4 is 78.4 Å². The van der Waals surface area contributed by atoms with E-state index in [1.54, 1.807) is 42.3 Å². The summed E-state index contributed by atoms with van der Waals surface area (Å²) in [6, 6.07) is 6.46. The average Bonchev–Trinajstić information content (AvgIpc) is 3.28. The minimum absolute atomic E-state index is 0.0141. The third kappa shape index (κ3) is 5.48. The number of alkyl halides is 3. The number of hydrogen-bond donors (Lipinski definition) is 2. The Balaban J connectivity index is 1.65. The molecule has 1 saturated carbocycles. The highest BCUT2D eigenvalue weighted by atomic mass is 127. The van der Waals surface area contributed by atoms with Crippen molar-refractivity contribution in [1.29, 1.82) is 0 Å². The van der Waals surface area contributed by atoms with Crippen LogP contribution in [0.15, 0.2) is 36.8 Å². The quantitative estimate of drug-likeness (QED) is 0.186. The van der Waals surface area contributed by atoms with E-state index in [9.17, 15) is 26.4 Å². The van der Waals surface area contributed by atoms with Gasteiger partial charge in [0.15, 0.2) is 11.5 Å². The predicted molar refractivity (Wildman–Crippen MR) is 157 cm³/mol. The smallest absolute Gasteiger partial charge is 0.295 e. The first kappa shape index (κ1) is 28.5. The zero-order chi connectivity index (χ0) is 28.9. The molecule has 0 radical (unpaired) electrons. The van der Waals surface area contributed by atoms with Gasteiger partial charge in [-0.1, -0.05) is 6.07 Å². The van der Waals surface area contributed by atoms with E-state index >= 15 is 0 Å². The molecule has 17 heteroatoms. The molecule has 212 valence electrons. The number of rotatable bonds is 9. The molecular formula is C23H23F3IN8O3PS. The van der Waals surface area contributed by atoms with Gasteiger partial charge >= 0.3 is 0 Å². The number of hydrogen-bond acceptors (Lipinski definition) is 7. The number of pyridine rings is 1. The highest BCUT2D eigenvalue weighted by Gasteiger charge is 2.43. The second-order valence-corrected chi connectivity index (χ2v) is 13.3. The number of carbonyl (C=O) groups excluding carboxylic acids is 1. The first-order chi connectivity index (χ1) is 18.9. The van der Waals surface area contributed by atoms with Gasteiger partial charge in [0.2, 0.25) is 15.9 Å². The molecule has 1 aromatic carbocycles. The molecule has 0 aliphatic heterocycles. The van der Waals surface area contributed by atoms with Gasteiger partial charge in [-0.2, -0.15) is 0 Å². The van der Waals surface area contributed by atoms with Crippen LogP contribution in [0.5, 0.6) is 0 Å². The van der Waals surface area contributed by atoms with Crippen LogP contribution >= 0.6 is 28.4 Å². The van der Waals surface area contributed by atoms with Crippen LogP contribution in [0.3, 0.4) is 0 Å². The number of sulfonamides is 1. The third-order valence-corrected chi connectivity index (χ3v) is 9.69. The van der Waals surface area contributed by atoms with Crippen LogP contribution in [-0.4, -0.2) is 57.7 Å². The second-order valence-electron chi connectivity index (χ2n) is 9.24. The zero-order valence-corrected chi connectivity index (χ0v) is 25.2. The Morgan fingerprint density at radius 1 is 1.25 bits per heavy atom. The van der Waals surface area contributed by atoms with Gasteiger partial charge in [0, 0.05) is 25.7 Å². The molecule has 0 bridgehead atoms. The molecular weight excluding hydrogens is 683 g/mol. The Hall–Kier alpha value is -2.98. The average molecular weight is 706 g/mol. The maximum atomic E-state index is 13.9. The minimum Gasteiger partial charge on any atom is -0.352 e. The highest BCUT2D eigenvalue weighted by molar-refractivity contribution is 14.2. The van der Waals surface area contributed by atoms with Crippen molar-refractivity contribution in [1.82, 2.24) is 23.9 Å².